The Labute approximate surface area is 167 Å². The van der Waals surface area contributed by atoms with Crippen molar-refractivity contribution in [3.8, 4) is 0 Å². The number of para-hydroxylation sites is 1. The Morgan fingerprint density at radius 3 is 2.50 bits per heavy atom. The average molecular weight is 373 g/mol. The Bertz CT molecular complexity index is 942. The Morgan fingerprint density at radius 2 is 1.75 bits per heavy atom. The molecule has 28 heavy (non-hydrogen) atoms. The number of fused-ring (bicyclic) bond motifs is 1. The van der Waals surface area contributed by atoms with Gasteiger partial charge >= 0.3 is 0 Å². The molecule has 0 saturated heterocycles. The number of benzene rings is 2. The van der Waals surface area contributed by atoms with Crippen LogP contribution in [0.1, 0.15) is 51.0 Å². The van der Waals surface area contributed by atoms with Crippen molar-refractivity contribution in [2.45, 2.75) is 51.9 Å². The maximum Gasteiger partial charge on any atom is 0.231 e. The van der Waals surface area contributed by atoms with Gasteiger partial charge in [0, 0.05) is 17.5 Å². The zero-order valence-electron chi connectivity index (χ0n) is 16.6. The summed E-state index contributed by atoms with van der Waals surface area (Å²) in [5.41, 5.74) is 4.05. The highest BCUT2D eigenvalue weighted by Crippen LogP contribution is 2.30. The third-order valence-corrected chi connectivity index (χ3v) is 5.83. The van der Waals surface area contributed by atoms with Crippen molar-refractivity contribution < 1.29 is 4.79 Å². The Balaban J connectivity index is 1.60. The fourth-order valence-electron chi connectivity index (χ4n) is 4.28. The number of anilines is 2. The molecule has 1 amide bonds. The summed E-state index contributed by atoms with van der Waals surface area (Å²) in [6.45, 7) is 1.90. The van der Waals surface area contributed by atoms with Crippen LogP contribution in [0, 0.1) is 5.92 Å². The van der Waals surface area contributed by atoms with Crippen molar-refractivity contribution in [1.82, 2.24) is 4.98 Å². The summed E-state index contributed by atoms with van der Waals surface area (Å²) in [6, 6.07) is 18.6. The van der Waals surface area contributed by atoms with Gasteiger partial charge in [-0.25, -0.2) is 0 Å². The minimum atomic E-state index is 0.0807. The van der Waals surface area contributed by atoms with E-state index in [4.69, 9.17) is 0 Å². The molecule has 1 heterocycles. The predicted molar refractivity (Wildman–Crippen MR) is 116 cm³/mol. The van der Waals surface area contributed by atoms with Gasteiger partial charge in [-0.1, -0.05) is 69.4 Å². The number of rotatable bonds is 5. The lowest BCUT2D eigenvalue weighted by Gasteiger charge is -2.24. The van der Waals surface area contributed by atoms with Gasteiger partial charge in [-0.05, 0) is 42.2 Å². The molecule has 0 N–H and O–H groups in total. The number of carbonyl (C=O) groups excluding carboxylic acids is 1. The molecule has 1 aliphatic carbocycles. The lowest BCUT2D eigenvalue weighted by Crippen LogP contribution is -2.25. The van der Waals surface area contributed by atoms with E-state index in [0.717, 1.165) is 34.6 Å². The number of carbonyl (C=O) groups is 1. The van der Waals surface area contributed by atoms with Gasteiger partial charge in [-0.2, -0.15) is 0 Å². The lowest BCUT2D eigenvalue weighted by molar-refractivity contribution is -0.117. The third kappa shape index (κ3) is 4.09. The molecule has 1 aromatic heterocycles. The maximum absolute atomic E-state index is 12.7. The molecule has 0 bridgehead atoms. The van der Waals surface area contributed by atoms with E-state index in [1.165, 1.54) is 37.7 Å². The zero-order chi connectivity index (χ0) is 19.3. The van der Waals surface area contributed by atoms with Gasteiger partial charge in [0.2, 0.25) is 5.91 Å². The molecule has 0 unspecified atom stereocenters. The van der Waals surface area contributed by atoms with Crippen molar-refractivity contribution in [3.05, 3.63) is 66.4 Å². The third-order valence-electron chi connectivity index (χ3n) is 5.83. The lowest BCUT2D eigenvalue weighted by atomic mass is 9.85. The van der Waals surface area contributed by atoms with Crippen LogP contribution in [0.15, 0.2) is 60.8 Å². The first-order valence-corrected chi connectivity index (χ1v) is 10.5. The van der Waals surface area contributed by atoms with Crippen LogP contribution in [-0.4, -0.2) is 10.9 Å². The fourth-order valence-corrected chi connectivity index (χ4v) is 4.28. The smallest absolute Gasteiger partial charge is 0.231 e. The van der Waals surface area contributed by atoms with Crippen molar-refractivity contribution in [3.63, 3.8) is 0 Å². The summed E-state index contributed by atoms with van der Waals surface area (Å²) >= 11 is 0. The van der Waals surface area contributed by atoms with Crippen molar-refractivity contribution in [2.75, 3.05) is 4.90 Å². The van der Waals surface area contributed by atoms with Crippen LogP contribution in [0.2, 0.25) is 0 Å². The van der Waals surface area contributed by atoms with Crippen molar-refractivity contribution >= 4 is 28.2 Å². The van der Waals surface area contributed by atoms with E-state index in [2.05, 4.69) is 29.2 Å². The quantitative estimate of drug-likeness (QED) is 0.517. The molecular weight excluding hydrogens is 344 g/mol. The molecule has 1 saturated carbocycles. The largest absolute Gasteiger partial charge is 0.280 e. The molecule has 0 radical (unpaired) electrons. The van der Waals surface area contributed by atoms with Crippen LogP contribution in [0.25, 0.3) is 10.9 Å². The second-order valence-corrected chi connectivity index (χ2v) is 7.84. The summed E-state index contributed by atoms with van der Waals surface area (Å²) < 4.78 is 0. The molecule has 144 valence electrons. The Morgan fingerprint density at radius 1 is 1.00 bits per heavy atom. The first kappa shape index (κ1) is 18.7. The van der Waals surface area contributed by atoms with Gasteiger partial charge in [-0.3, -0.25) is 14.7 Å². The zero-order valence-corrected chi connectivity index (χ0v) is 16.6. The normalized spacial score (nSPS) is 14.9. The molecule has 3 nitrogen and oxygen atoms in total. The van der Waals surface area contributed by atoms with Gasteiger partial charge in [0.15, 0.2) is 0 Å². The van der Waals surface area contributed by atoms with Gasteiger partial charge in [0.1, 0.15) is 0 Å². The number of pyridine rings is 1. The fraction of sp³-hybridized carbons (Fsp3) is 0.360. The molecule has 3 heteroatoms. The number of aromatic nitrogens is 1. The van der Waals surface area contributed by atoms with Crippen LogP contribution in [0.4, 0.5) is 11.4 Å². The van der Waals surface area contributed by atoms with E-state index in [1.807, 2.05) is 37.3 Å². The summed E-state index contributed by atoms with van der Waals surface area (Å²) in [6.07, 6.45) is 10.2. The molecular formula is C25H28N2O. The minimum absolute atomic E-state index is 0.0807. The number of hydrogen-bond acceptors (Lipinski definition) is 2. The highest BCUT2D eigenvalue weighted by atomic mass is 16.2. The summed E-state index contributed by atoms with van der Waals surface area (Å²) in [7, 11) is 0. The Hall–Kier alpha value is -2.68. The SMILES string of the molecule is CCC(=O)N(c1ccc(CC2CCCCC2)cc1)c1cnc2ccccc2c1. The van der Waals surface area contributed by atoms with E-state index in [1.54, 1.807) is 11.1 Å². The van der Waals surface area contributed by atoms with Crippen LogP contribution in [-0.2, 0) is 11.2 Å². The van der Waals surface area contributed by atoms with Crippen LogP contribution in [0.3, 0.4) is 0 Å². The topological polar surface area (TPSA) is 33.2 Å². The van der Waals surface area contributed by atoms with Gasteiger partial charge in [0.25, 0.3) is 0 Å². The molecule has 2 aromatic carbocycles. The van der Waals surface area contributed by atoms with Crippen molar-refractivity contribution in [2.24, 2.45) is 5.92 Å². The van der Waals surface area contributed by atoms with Crippen molar-refractivity contribution in [1.29, 1.82) is 0 Å². The molecule has 0 atom stereocenters. The number of hydrogen-bond donors (Lipinski definition) is 0. The van der Waals surface area contributed by atoms with Crippen LogP contribution in [0.5, 0.6) is 0 Å². The van der Waals surface area contributed by atoms with Crippen LogP contribution < -0.4 is 4.90 Å². The molecule has 0 aliphatic heterocycles. The first-order chi connectivity index (χ1) is 13.7. The molecule has 1 fully saturated rings. The second kappa shape index (κ2) is 8.55. The maximum atomic E-state index is 12.7. The highest BCUT2D eigenvalue weighted by molar-refractivity contribution is 6.01. The van der Waals surface area contributed by atoms with E-state index in [9.17, 15) is 4.79 Å². The van der Waals surface area contributed by atoms with Gasteiger partial charge in [0.05, 0.1) is 17.4 Å². The first-order valence-electron chi connectivity index (χ1n) is 10.5. The average Bonchev–Trinajstić information content (AvgIpc) is 2.75. The standard InChI is InChI=1S/C25H28N2O/c1-2-25(28)27(23-17-21-10-6-7-11-24(21)26-18-23)22-14-12-20(13-15-22)16-19-8-4-3-5-9-19/h6-7,10-15,17-19H,2-5,8-9,16H2,1H3. The Kier molecular flexibility index (Phi) is 5.70. The predicted octanol–water partition coefficient (Wildman–Crippen LogP) is 6.43. The molecule has 4 rings (SSSR count). The van der Waals surface area contributed by atoms with E-state index < -0.39 is 0 Å². The van der Waals surface area contributed by atoms with E-state index in [-0.39, 0.29) is 5.91 Å². The molecule has 3 aromatic rings. The molecule has 0 spiro atoms. The number of amides is 1. The summed E-state index contributed by atoms with van der Waals surface area (Å²) in [5.74, 6) is 0.898. The highest BCUT2D eigenvalue weighted by Gasteiger charge is 2.18. The summed E-state index contributed by atoms with van der Waals surface area (Å²) in [4.78, 5) is 19.1. The number of nitrogens with zero attached hydrogens (tertiary/aromatic N) is 2. The summed E-state index contributed by atoms with van der Waals surface area (Å²) in [5, 5.41) is 1.04. The molecule has 1 aliphatic rings. The van der Waals surface area contributed by atoms with E-state index in [0.29, 0.717) is 6.42 Å². The van der Waals surface area contributed by atoms with Gasteiger partial charge < -0.3 is 0 Å². The second-order valence-electron chi connectivity index (χ2n) is 7.84. The van der Waals surface area contributed by atoms with E-state index >= 15 is 0 Å². The van der Waals surface area contributed by atoms with Gasteiger partial charge in [-0.15, -0.1) is 0 Å². The minimum Gasteiger partial charge on any atom is -0.280 e. The monoisotopic (exact) mass is 372 g/mol. The van der Waals surface area contributed by atoms with Crippen LogP contribution >= 0.6 is 0 Å².